The fraction of sp³-hybridized carbons (Fsp3) is 0.320. The second-order valence-electron chi connectivity index (χ2n) is 8.71. The molecule has 9 nitrogen and oxygen atoms in total. The monoisotopic (exact) mass is 494 g/mol. The topological polar surface area (TPSA) is 130 Å². The number of aryl methyl sites for hydroxylation is 1. The molecule has 1 fully saturated rings. The molecule has 1 atom stereocenters. The number of primary amides is 1. The number of anilines is 3. The number of benzene rings is 2. The molecule has 1 aliphatic heterocycles. The normalized spacial score (nSPS) is 16.2. The van der Waals surface area contributed by atoms with Crippen molar-refractivity contribution < 1.29 is 13.2 Å². The number of nitrogens with two attached hydrogens (primary N) is 1. The third kappa shape index (κ3) is 6.14. The molecule has 1 amide bonds. The first-order valence-electron chi connectivity index (χ1n) is 11.5. The predicted molar refractivity (Wildman–Crippen MR) is 137 cm³/mol. The van der Waals surface area contributed by atoms with Gasteiger partial charge in [-0.2, -0.15) is 0 Å². The van der Waals surface area contributed by atoms with Crippen molar-refractivity contribution in [1.29, 1.82) is 0 Å². The minimum atomic E-state index is -3.39. The largest absolute Gasteiger partial charge is 0.364 e. The molecule has 184 valence electrons. The number of hydrogen-bond acceptors (Lipinski definition) is 8. The summed E-state index contributed by atoms with van der Waals surface area (Å²) < 4.78 is 23.9. The lowest BCUT2D eigenvalue weighted by Crippen LogP contribution is -2.27. The number of rotatable bonds is 9. The maximum absolute atomic E-state index is 12.1. The van der Waals surface area contributed by atoms with Crippen LogP contribution in [0.3, 0.4) is 0 Å². The average molecular weight is 495 g/mol. The van der Waals surface area contributed by atoms with Gasteiger partial charge in [-0.05, 0) is 36.6 Å². The highest BCUT2D eigenvalue weighted by Gasteiger charge is 2.25. The Labute approximate surface area is 205 Å². The molecule has 2 aromatic carbocycles. The Morgan fingerprint density at radius 2 is 1.89 bits per heavy atom. The maximum atomic E-state index is 12.1. The maximum Gasteiger partial charge on any atom is 0.271 e. The molecular weight excluding hydrogens is 464 g/mol. The summed E-state index contributed by atoms with van der Waals surface area (Å²) in [5.74, 6) is 0.0586. The first-order valence-corrected chi connectivity index (χ1v) is 13.4. The van der Waals surface area contributed by atoms with E-state index in [9.17, 15) is 13.2 Å². The fourth-order valence-corrected chi connectivity index (χ4v) is 4.83. The van der Waals surface area contributed by atoms with E-state index in [1.807, 2.05) is 25.1 Å². The molecule has 0 unspecified atom stereocenters. The molecule has 10 heteroatoms. The zero-order chi connectivity index (χ0) is 25.0. The van der Waals surface area contributed by atoms with Gasteiger partial charge in [-0.3, -0.25) is 9.69 Å². The number of aromatic nitrogens is 2. The highest BCUT2D eigenvalue weighted by Crippen LogP contribution is 2.26. The summed E-state index contributed by atoms with van der Waals surface area (Å²) in [7, 11) is -3.39. The second kappa shape index (κ2) is 10.4. The van der Waals surface area contributed by atoms with Gasteiger partial charge in [0.15, 0.2) is 27.2 Å². The Kier molecular flexibility index (Phi) is 7.32. The minimum absolute atomic E-state index is 0.00860. The third-order valence-corrected chi connectivity index (χ3v) is 7.03. The van der Waals surface area contributed by atoms with E-state index >= 15 is 0 Å². The van der Waals surface area contributed by atoms with Gasteiger partial charge < -0.3 is 16.4 Å². The van der Waals surface area contributed by atoms with E-state index in [4.69, 9.17) is 5.73 Å². The van der Waals surface area contributed by atoms with Crippen LogP contribution in [-0.2, 0) is 22.8 Å². The molecular formula is C25H30N6O3S. The number of amides is 1. The van der Waals surface area contributed by atoms with Crippen molar-refractivity contribution in [1.82, 2.24) is 14.9 Å². The highest BCUT2D eigenvalue weighted by molar-refractivity contribution is 7.90. The van der Waals surface area contributed by atoms with Gasteiger partial charge in [-0.1, -0.05) is 43.3 Å². The predicted octanol–water partition coefficient (Wildman–Crippen LogP) is 2.97. The van der Waals surface area contributed by atoms with Crippen molar-refractivity contribution in [3.8, 4) is 0 Å². The van der Waals surface area contributed by atoms with Crippen LogP contribution < -0.4 is 16.4 Å². The molecule has 1 aliphatic rings. The van der Waals surface area contributed by atoms with Gasteiger partial charge in [-0.25, -0.2) is 18.4 Å². The van der Waals surface area contributed by atoms with Crippen molar-refractivity contribution in [2.45, 2.75) is 37.2 Å². The molecule has 1 saturated heterocycles. The summed E-state index contributed by atoms with van der Waals surface area (Å²) in [4.78, 5) is 23.8. The Bertz CT molecular complexity index is 1310. The summed E-state index contributed by atoms with van der Waals surface area (Å²) in [6.45, 7) is 4.65. The summed E-state index contributed by atoms with van der Waals surface area (Å²) in [5, 5.41) is 6.54. The quantitative estimate of drug-likeness (QED) is 0.414. The number of nitrogens with one attached hydrogen (secondary N) is 2. The Hall–Kier alpha value is -3.50. The first-order chi connectivity index (χ1) is 16.7. The molecule has 1 aromatic heterocycles. The molecule has 3 aromatic rings. The number of sulfone groups is 1. The van der Waals surface area contributed by atoms with Crippen LogP contribution in [0.5, 0.6) is 0 Å². The van der Waals surface area contributed by atoms with E-state index < -0.39 is 15.7 Å². The number of carbonyl (C=O) groups is 1. The molecule has 0 spiro atoms. The van der Waals surface area contributed by atoms with Crippen LogP contribution in [0.25, 0.3) is 0 Å². The molecule has 0 saturated carbocycles. The number of hydrogen-bond donors (Lipinski definition) is 3. The van der Waals surface area contributed by atoms with Gasteiger partial charge in [0.2, 0.25) is 0 Å². The lowest BCUT2D eigenvalue weighted by molar-refractivity contribution is 0.0996. The highest BCUT2D eigenvalue weighted by atomic mass is 32.2. The molecule has 0 aliphatic carbocycles. The molecule has 2 heterocycles. The number of nitrogens with zero attached hydrogens (tertiary/aromatic N) is 3. The van der Waals surface area contributed by atoms with Gasteiger partial charge in [0.05, 0.1) is 10.6 Å². The van der Waals surface area contributed by atoms with Crippen molar-refractivity contribution in [3.05, 3.63) is 71.5 Å². The van der Waals surface area contributed by atoms with Crippen LogP contribution in [0, 0.1) is 0 Å². The average Bonchev–Trinajstić information content (AvgIpc) is 3.26. The van der Waals surface area contributed by atoms with E-state index in [2.05, 4.69) is 37.6 Å². The van der Waals surface area contributed by atoms with E-state index in [1.54, 1.807) is 12.1 Å². The van der Waals surface area contributed by atoms with Gasteiger partial charge in [0.25, 0.3) is 5.91 Å². The van der Waals surface area contributed by atoms with E-state index in [1.165, 1.54) is 17.7 Å². The van der Waals surface area contributed by atoms with Crippen LogP contribution in [0.2, 0.25) is 0 Å². The summed E-state index contributed by atoms with van der Waals surface area (Å²) in [5.41, 5.74) is 7.99. The van der Waals surface area contributed by atoms with E-state index in [-0.39, 0.29) is 22.4 Å². The van der Waals surface area contributed by atoms with Crippen LogP contribution in [0.1, 0.15) is 35.1 Å². The Morgan fingerprint density at radius 1 is 1.11 bits per heavy atom. The summed E-state index contributed by atoms with van der Waals surface area (Å²) in [6.07, 6.45) is 2.66. The number of likely N-dealkylation sites (tertiary alicyclic amines) is 1. The number of carbonyl (C=O) groups excluding carboxylic acids is 1. The lowest BCUT2D eigenvalue weighted by Gasteiger charge is -2.19. The van der Waals surface area contributed by atoms with Gasteiger partial charge in [0, 0.05) is 37.6 Å². The van der Waals surface area contributed by atoms with E-state index in [0.29, 0.717) is 23.6 Å². The van der Waals surface area contributed by atoms with Gasteiger partial charge in [0.1, 0.15) is 0 Å². The first kappa shape index (κ1) is 24.6. The van der Waals surface area contributed by atoms with Crippen molar-refractivity contribution in [3.63, 3.8) is 0 Å². The molecule has 4 rings (SSSR count). The lowest BCUT2D eigenvalue weighted by atomic mass is 10.2. The fourth-order valence-electron chi connectivity index (χ4n) is 4.16. The van der Waals surface area contributed by atoms with Gasteiger partial charge >= 0.3 is 0 Å². The van der Waals surface area contributed by atoms with Crippen LogP contribution in [0.15, 0.2) is 59.5 Å². The minimum Gasteiger partial charge on any atom is -0.364 e. The van der Waals surface area contributed by atoms with Gasteiger partial charge in [-0.15, -0.1) is 0 Å². The van der Waals surface area contributed by atoms with Crippen molar-refractivity contribution >= 4 is 33.1 Å². The third-order valence-electron chi connectivity index (χ3n) is 5.92. The van der Waals surface area contributed by atoms with Crippen LogP contribution in [0.4, 0.5) is 17.3 Å². The molecule has 0 radical (unpaired) electrons. The molecule has 4 N–H and O–H groups in total. The summed E-state index contributed by atoms with van der Waals surface area (Å²) >= 11 is 0. The molecule has 0 bridgehead atoms. The SMILES string of the molecule is CCc1nc(C(N)=O)c(Nc2cccc(S(C)(=O)=O)c2)nc1N[C@H]1CCN(Cc2ccccc2)C1. The van der Waals surface area contributed by atoms with E-state index in [0.717, 1.165) is 32.3 Å². The van der Waals surface area contributed by atoms with Crippen LogP contribution >= 0.6 is 0 Å². The van der Waals surface area contributed by atoms with Crippen molar-refractivity contribution in [2.75, 3.05) is 30.0 Å². The standard InChI is InChI=1S/C25H30N6O3S/c1-3-21-24(28-19-12-13-31(16-19)15-17-8-5-4-6-9-17)30-25(22(29-21)23(26)32)27-18-10-7-11-20(14-18)35(2,33)34/h4-11,14,19H,3,12-13,15-16H2,1-2H3,(H2,26,32)(H2,27,28,30)/t19-/m0/s1. The zero-order valence-electron chi connectivity index (χ0n) is 19.9. The zero-order valence-corrected chi connectivity index (χ0v) is 20.7. The van der Waals surface area contributed by atoms with Crippen molar-refractivity contribution in [2.24, 2.45) is 5.73 Å². The van der Waals surface area contributed by atoms with Crippen LogP contribution in [-0.4, -0.2) is 54.6 Å². The Morgan fingerprint density at radius 3 is 2.57 bits per heavy atom. The smallest absolute Gasteiger partial charge is 0.271 e. The molecule has 35 heavy (non-hydrogen) atoms. The second-order valence-corrected chi connectivity index (χ2v) is 10.7. The summed E-state index contributed by atoms with van der Waals surface area (Å²) in [6, 6.07) is 16.9. The Balaban J connectivity index is 1.56.